The number of hydrogen-bond acceptors (Lipinski definition) is 4. The van der Waals surface area contributed by atoms with Crippen LogP contribution in [0.1, 0.15) is 0 Å². The molecule has 2 aromatic carbocycles. The SMILES string of the molecule is O=C(O[B]c1c(F)ccc(F)c1F)C(=O)O[B]c1c(F)ccc(F)c1F. The summed E-state index contributed by atoms with van der Waals surface area (Å²) in [5, 5.41) is 0. The summed E-state index contributed by atoms with van der Waals surface area (Å²) in [5.41, 5.74) is -2.17. The van der Waals surface area contributed by atoms with Gasteiger partial charge in [-0.15, -0.1) is 0 Å². The van der Waals surface area contributed by atoms with Gasteiger partial charge in [0.25, 0.3) is 0 Å². The highest BCUT2D eigenvalue weighted by atomic mass is 19.2. The first-order valence-corrected chi connectivity index (χ1v) is 6.57. The zero-order valence-electron chi connectivity index (χ0n) is 12.4. The van der Waals surface area contributed by atoms with Gasteiger partial charge in [-0.2, -0.15) is 0 Å². The maximum absolute atomic E-state index is 13.3. The molecular weight excluding hydrogens is 368 g/mol. The summed E-state index contributed by atoms with van der Waals surface area (Å²) in [5.74, 6) is -12.5. The molecule has 26 heavy (non-hydrogen) atoms. The van der Waals surface area contributed by atoms with Gasteiger partial charge in [0.1, 0.15) is 11.6 Å². The van der Waals surface area contributed by atoms with E-state index >= 15 is 0 Å². The average molecular weight is 372 g/mol. The lowest BCUT2D eigenvalue weighted by atomic mass is 9.86. The van der Waals surface area contributed by atoms with E-state index in [0.29, 0.717) is 24.3 Å². The summed E-state index contributed by atoms with van der Waals surface area (Å²) >= 11 is 0. The van der Waals surface area contributed by atoms with Crippen LogP contribution in [0, 0.1) is 34.9 Å². The first-order valence-electron chi connectivity index (χ1n) is 6.57. The van der Waals surface area contributed by atoms with Gasteiger partial charge in [0.05, 0.1) is 0 Å². The van der Waals surface area contributed by atoms with Gasteiger partial charge in [-0.05, 0) is 24.3 Å². The van der Waals surface area contributed by atoms with Gasteiger partial charge in [0, 0.05) is 10.9 Å². The van der Waals surface area contributed by atoms with E-state index in [-0.39, 0.29) is 15.0 Å². The van der Waals surface area contributed by atoms with Gasteiger partial charge >= 0.3 is 26.9 Å². The van der Waals surface area contributed by atoms with Crippen LogP contribution in [0.2, 0.25) is 0 Å². The highest BCUT2D eigenvalue weighted by molar-refractivity contribution is 6.55. The largest absolute Gasteiger partial charge is 0.525 e. The normalized spacial score (nSPS) is 10.2. The molecule has 0 amide bonds. The third-order valence-electron chi connectivity index (χ3n) is 2.89. The van der Waals surface area contributed by atoms with Crippen molar-refractivity contribution in [2.24, 2.45) is 0 Å². The second-order valence-corrected chi connectivity index (χ2v) is 4.56. The molecule has 0 aliphatic heterocycles. The molecule has 132 valence electrons. The zero-order chi connectivity index (χ0) is 19.4. The van der Waals surface area contributed by atoms with Crippen molar-refractivity contribution in [3.63, 3.8) is 0 Å². The fourth-order valence-electron chi connectivity index (χ4n) is 1.62. The second kappa shape index (κ2) is 7.98. The van der Waals surface area contributed by atoms with Crippen molar-refractivity contribution in [2.45, 2.75) is 0 Å². The first-order chi connectivity index (χ1) is 12.2. The predicted molar refractivity (Wildman–Crippen MR) is 75.6 cm³/mol. The molecular formula is C14H4B2F6O4. The molecule has 0 N–H and O–H groups in total. The predicted octanol–water partition coefficient (Wildman–Crippen LogP) is 0.797. The van der Waals surface area contributed by atoms with Gasteiger partial charge in [0.15, 0.2) is 23.3 Å². The van der Waals surface area contributed by atoms with E-state index in [2.05, 4.69) is 9.31 Å². The lowest BCUT2D eigenvalue weighted by molar-refractivity contribution is -0.156. The molecule has 0 saturated carbocycles. The minimum Gasteiger partial charge on any atom is -0.525 e. The van der Waals surface area contributed by atoms with Gasteiger partial charge in [-0.3, -0.25) is 0 Å². The fourth-order valence-corrected chi connectivity index (χ4v) is 1.62. The van der Waals surface area contributed by atoms with Gasteiger partial charge in [-0.25, -0.2) is 35.9 Å². The van der Waals surface area contributed by atoms with E-state index < -0.39 is 57.8 Å². The van der Waals surface area contributed by atoms with Gasteiger partial charge in [-0.1, -0.05) is 0 Å². The molecule has 12 heteroatoms. The zero-order valence-corrected chi connectivity index (χ0v) is 12.4. The quantitative estimate of drug-likeness (QED) is 0.345. The van der Waals surface area contributed by atoms with Crippen molar-refractivity contribution in [3.05, 3.63) is 59.2 Å². The molecule has 2 radical (unpaired) electrons. The Labute approximate surface area is 143 Å². The molecule has 0 fully saturated rings. The van der Waals surface area contributed by atoms with Crippen LogP contribution in [0.3, 0.4) is 0 Å². The molecule has 0 bridgehead atoms. The molecule has 0 unspecified atom stereocenters. The van der Waals surface area contributed by atoms with E-state index in [1.54, 1.807) is 0 Å². The molecule has 2 rings (SSSR count). The molecule has 0 spiro atoms. The molecule has 0 aliphatic carbocycles. The number of halogens is 6. The molecule has 4 nitrogen and oxygen atoms in total. The average Bonchev–Trinajstić information content (AvgIpc) is 2.61. The standard InChI is InChI=1S/C14H4B2F6O4/c17-5-1-3-7(19)11(21)9(5)15-25-13(23)14(24)26-16-10-6(18)2-4-8(20)12(10)22/h1-4H. The number of benzene rings is 2. The van der Waals surface area contributed by atoms with Crippen LogP contribution in [0.5, 0.6) is 0 Å². The topological polar surface area (TPSA) is 52.6 Å². The number of hydrogen-bond donors (Lipinski definition) is 0. The van der Waals surface area contributed by atoms with Crippen molar-refractivity contribution in [2.75, 3.05) is 0 Å². The van der Waals surface area contributed by atoms with E-state index in [1.807, 2.05) is 0 Å². The van der Waals surface area contributed by atoms with Crippen LogP contribution in [0.15, 0.2) is 24.3 Å². The first kappa shape index (κ1) is 19.4. The van der Waals surface area contributed by atoms with Crippen LogP contribution in [0.25, 0.3) is 0 Å². The number of carbonyl (C=O) groups is 2. The van der Waals surface area contributed by atoms with Crippen LogP contribution in [-0.2, 0) is 18.9 Å². The summed E-state index contributed by atoms with van der Waals surface area (Å²) in [6, 6.07) is 2.05. The molecule has 0 atom stereocenters. The van der Waals surface area contributed by atoms with Gasteiger partial charge < -0.3 is 9.31 Å². The fraction of sp³-hybridized carbons (Fsp3) is 0. The second-order valence-electron chi connectivity index (χ2n) is 4.56. The Morgan fingerprint density at radius 2 is 0.923 bits per heavy atom. The molecule has 0 aliphatic rings. The van der Waals surface area contributed by atoms with Gasteiger partial charge in [0.2, 0.25) is 0 Å². The Balaban J connectivity index is 1.98. The Bertz CT molecular complexity index is 806. The third-order valence-corrected chi connectivity index (χ3v) is 2.89. The van der Waals surface area contributed by atoms with Crippen molar-refractivity contribution < 1.29 is 45.2 Å². The Morgan fingerprint density at radius 1 is 0.615 bits per heavy atom. The number of rotatable bonds is 4. The molecule has 2 aromatic rings. The Kier molecular flexibility index (Phi) is 5.96. The lowest BCUT2D eigenvalue weighted by Crippen LogP contribution is -2.34. The van der Waals surface area contributed by atoms with E-state index in [9.17, 15) is 35.9 Å². The summed E-state index contributed by atoms with van der Waals surface area (Å²) in [4.78, 5) is 22.7. The molecule has 0 heterocycles. The smallest absolute Gasteiger partial charge is 0.419 e. The maximum atomic E-state index is 13.3. The molecule has 0 aromatic heterocycles. The lowest BCUT2D eigenvalue weighted by Gasteiger charge is -2.07. The summed E-state index contributed by atoms with van der Waals surface area (Å²) < 4.78 is 87.4. The van der Waals surface area contributed by atoms with Crippen molar-refractivity contribution >= 4 is 37.8 Å². The maximum Gasteiger partial charge on any atom is 0.419 e. The Hall–Kier alpha value is -2.91. The monoisotopic (exact) mass is 372 g/mol. The van der Waals surface area contributed by atoms with Crippen LogP contribution >= 0.6 is 0 Å². The number of carbonyl (C=O) groups excluding carboxylic acids is 2. The van der Waals surface area contributed by atoms with Crippen LogP contribution < -0.4 is 10.9 Å². The van der Waals surface area contributed by atoms with Crippen LogP contribution in [0.4, 0.5) is 26.3 Å². The third kappa shape index (κ3) is 4.19. The molecule has 0 saturated heterocycles. The van der Waals surface area contributed by atoms with Crippen molar-refractivity contribution in [1.29, 1.82) is 0 Å². The van der Waals surface area contributed by atoms with Crippen LogP contribution in [-0.4, -0.2) is 26.9 Å². The van der Waals surface area contributed by atoms with E-state index in [0.717, 1.165) is 0 Å². The summed E-state index contributed by atoms with van der Waals surface area (Å²) in [7, 11) is 0.224. The summed E-state index contributed by atoms with van der Waals surface area (Å²) in [6.45, 7) is 0. The van der Waals surface area contributed by atoms with E-state index in [4.69, 9.17) is 0 Å². The highest BCUT2D eigenvalue weighted by Crippen LogP contribution is 2.06. The van der Waals surface area contributed by atoms with Crippen molar-refractivity contribution in [1.82, 2.24) is 0 Å². The van der Waals surface area contributed by atoms with Crippen molar-refractivity contribution in [3.8, 4) is 0 Å². The van der Waals surface area contributed by atoms with E-state index in [1.165, 1.54) is 0 Å². The minimum absolute atomic E-state index is 0.112. The highest BCUT2D eigenvalue weighted by Gasteiger charge is 2.25. The summed E-state index contributed by atoms with van der Waals surface area (Å²) in [6.07, 6.45) is 0. The Morgan fingerprint density at radius 3 is 1.27 bits per heavy atom. The minimum atomic E-state index is -1.85.